The Labute approximate surface area is 144 Å². The van der Waals surface area contributed by atoms with Gasteiger partial charge in [0.05, 0.1) is 15.5 Å². The van der Waals surface area contributed by atoms with Gasteiger partial charge in [0.1, 0.15) is 6.54 Å². The highest BCUT2D eigenvalue weighted by Crippen LogP contribution is 2.28. The Kier molecular flexibility index (Phi) is 5.38. The van der Waals surface area contributed by atoms with Crippen LogP contribution in [-0.2, 0) is 21.2 Å². The van der Waals surface area contributed by atoms with Gasteiger partial charge in [-0.2, -0.15) is 0 Å². The number of aryl methyl sites for hydroxylation is 1. The molecule has 132 valence electrons. The monoisotopic (exact) mass is 364 g/mol. The summed E-state index contributed by atoms with van der Waals surface area (Å²) in [5, 5.41) is 20.0. The van der Waals surface area contributed by atoms with Crippen LogP contribution in [0.2, 0.25) is 0 Å². The van der Waals surface area contributed by atoms with Crippen molar-refractivity contribution < 1.29 is 23.2 Å². The van der Waals surface area contributed by atoms with E-state index in [1.165, 1.54) is 24.3 Å². The van der Waals surface area contributed by atoms with E-state index in [4.69, 9.17) is 5.11 Å². The molecule has 0 saturated heterocycles. The maximum absolute atomic E-state index is 13.0. The van der Waals surface area contributed by atoms with Gasteiger partial charge in [-0.3, -0.25) is 19.2 Å². The highest BCUT2D eigenvalue weighted by atomic mass is 32.2. The first-order chi connectivity index (χ1) is 11.8. The zero-order valence-electron chi connectivity index (χ0n) is 13.3. The van der Waals surface area contributed by atoms with Crippen molar-refractivity contribution in [1.29, 1.82) is 0 Å². The summed E-state index contributed by atoms with van der Waals surface area (Å²) in [6.07, 6.45) is 0.497. The van der Waals surface area contributed by atoms with Gasteiger partial charge in [-0.1, -0.05) is 31.2 Å². The van der Waals surface area contributed by atoms with E-state index in [0.717, 1.165) is 10.4 Å². The highest BCUT2D eigenvalue weighted by molar-refractivity contribution is 7.92. The zero-order chi connectivity index (χ0) is 18.6. The molecule has 1 N–H and O–H groups in total. The quantitative estimate of drug-likeness (QED) is 0.595. The molecule has 2 aromatic rings. The molecule has 2 rings (SSSR count). The summed E-state index contributed by atoms with van der Waals surface area (Å²) in [5.41, 5.74) is 0.497. The summed E-state index contributed by atoms with van der Waals surface area (Å²) in [4.78, 5) is 21.1. The van der Waals surface area contributed by atoms with Gasteiger partial charge in [0.25, 0.3) is 15.7 Å². The first-order valence-corrected chi connectivity index (χ1v) is 8.78. The van der Waals surface area contributed by atoms with Gasteiger partial charge >= 0.3 is 5.97 Å². The first-order valence-electron chi connectivity index (χ1n) is 7.34. The summed E-state index contributed by atoms with van der Waals surface area (Å²) >= 11 is 0. The second kappa shape index (κ2) is 7.31. The minimum atomic E-state index is -4.29. The van der Waals surface area contributed by atoms with Crippen LogP contribution in [0.5, 0.6) is 0 Å². The number of nitro benzene ring substituents is 1. The number of aliphatic carboxylic acids is 1. The Balaban J connectivity index is 2.62. The Bertz CT molecular complexity index is 910. The fourth-order valence-corrected chi connectivity index (χ4v) is 3.85. The molecule has 0 heterocycles. The molecule has 0 aliphatic heterocycles. The summed E-state index contributed by atoms with van der Waals surface area (Å²) in [6.45, 7) is 1.03. The molecule has 0 aromatic heterocycles. The third kappa shape index (κ3) is 3.94. The minimum absolute atomic E-state index is 0.235. The number of para-hydroxylation sites is 1. The van der Waals surface area contributed by atoms with Crippen molar-refractivity contribution in [3.05, 3.63) is 64.2 Å². The molecule has 2 aromatic carbocycles. The fraction of sp³-hybridized carbons (Fsp3) is 0.188. The number of carbonyl (C=O) groups is 1. The number of carboxylic acid groups (broad SMARTS) is 1. The molecule has 0 bridgehead atoms. The number of nitro groups is 1. The number of hydrogen-bond acceptors (Lipinski definition) is 5. The van der Waals surface area contributed by atoms with Gasteiger partial charge in [-0.15, -0.1) is 0 Å². The van der Waals surface area contributed by atoms with E-state index in [1.54, 1.807) is 18.2 Å². The predicted molar refractivity (Wildman–Crippen MR) is 91.1 cm³/mol. The summed E-state index contributed by atoms with van der Waals surface area (Å²) in [5.74, 6) is -1.33. The molecule has 0 radical (unpaired) electrons. The maximum Gasteiger partial charge on any atom is 0.324 e. The van der Waals surface area contributed by atoms with E-state index in [1.807, 2.05) is 6.92 Å². The van der Waals surface area contributed by atoms with Gasteiger partial charge in [0, 0.05) is 12.1 Å². The molecule has 8 nitrogen and oxygen atoms in total. The van der Waals surface area contributed by atoms with Crippen molar-refractivity contribution in [2.24, 2.45) is 0 Å². The van der Waals surface area contributed by atoms with Crippen LogP contribution in [0.1, 0.15) is 12.5 Å². The predicted octanol–water partition coefficient (Wildman–Crippen LogP) is 2.44. The Morgan fingerprint density at radius 2 is 1.88 bits per heavy atom. The van der Waals surface area contributed by atoms with Crippen molar-refractivity contribution in [3.63, 3.8) is 0 Å². The van der Waals surface area contributed by atoms with E-state index >= 15 is 0 Å². The summed E-state index contributed by atoms with van der Waals surface area (Å²) in [6, 6.07) is 11.1. The van der Waals surface area contributed by atoms with Crippen molar-refractivity contribution in [1.82, 2.24) is 0 Å². The number of benzene rings is 2. The lowest BCUT2D eigenvalue weighted by molar-refractivity contribution is -0.385. The molecule has 25 heavy (non-hydrogen) atoms. The van der Waals surface area contributed by atoms with Crippen LogP contribution in [-0.4, -0.2) is 31.0 Å². The van der Waals surface area contributed by atoms with Crippen molar-refractivity contribution in [2.75, 3.05) is 10.8 Å². The fourth-order valence-electron chi connectivity index (χ4n) is 2.36. The van der Waals surface area contributed by atoms with E-state index in [9.17, 15) is 23.3 Å². The van der Waals surface area contributed by atoms with E-state index in [0.29, 0.717) is 12.0 Å². The topological polar surface area (TPSA) is 118 Å². The molecular formula is C16H16N2O6S. The largest absolute Gasteiger partial charge is 0.480 e. The number of nitrogens with zero attached hydrogens (tertiary/aromatic N) is 2. The standard InChI is InChI=1S/C16H16N2O6S/c1-2-12-6-3-4-9-15(12)17(11-16(19)20)25(23,24)14-8-5-7-13(10-14)18(21)22/h3-10H,2,11H2,1H3,(H,19,20). The SMILES string of the molecule is CCc1ccccc1N(CC(=O)O)S(=O)(=O)c1cccc([N+](=O)[O-])c1. The zero-order valence-corrected chi connectivity index (χ0v) is 14.1. The van der Waals surface area contributed by atoms with Crippen LogP contribution in [0.15, 0.2) is 53.4 Å². The third-order valence-corrected chi connectivity index (χ3v) is 5.29. The average molecular weight is 364 g/mol. The Morgan fingerprint density at radius 3 is 2.48 bits per heavy atom. The molecule has 0 unspecified atom stereocenters. The van der Waals surface area contributed by atoms with Crippen LogP contribution in [0.4, 0.5) is 11.4 Å². The summed E-state index contributed by atoms with van der Waals surface area (Å²) < 4.78 is 26.7. The molecule has 0 saturated carbocycles. The number of rotatable bonds is 7. The maximum atomic E-state index is 13.0. The smallest absolute Gasteiger partial charge is 0.324 e. The highest BCUT2D eigenvalue weighted by Gasteiger charge is 2.29. The number of non-ortho nitro benzene ring substituents is 1. The molecular weight excluding hydrogens is 348 g/mol. The lowest BCUT2D eigenvalue weighted by Gasteiger charge is -2.24. The van der Waals surface area contributed by atoms with Crippen LogP contribution in [0, 0.1) is 10.1 Å². The second-order valence-electron chi connectivity index (χ2n) is 5.14. The van der Waals surface area contributed by atoms with E-state index in [2.05, 4.69) is 0 Å². The molecule has 0 atom stereocenters. The lowest BCUT2D eigenvalue weighted by atomic mass is 10.1. The van der Waals surface area contributed by atoms with Crippen molar-refractivity contribution in [3.8, 4) is 0 Å². The van der Waals surface area contributed by atoms with Crippen LogP contribution >= 0.6 is 0 Å². The number of anilines is 1. The molecule has 0 fully saturated rings. The molecule has 0 aliphatic rings. The summed E-state index contributed by atoms with van der Waals surface area (Å²) in [7, 11) is -4.29. The number of hydrogen-bond donors (Lipinski definition) is 1. The van der Waals surface area contributed by atoms with Crippen LogP contribution in [0.3, 0.4) is 0 Å². The normalized spacial score (nSPS) is 11.1. The van der Waals surface area contributed by atoms with Crippen molar-refractivity contribution >= 4 is 27.4 Å². The molecule has 0 aliphatic carbocycles. The van der Waals surface area contributed by atoms with Crippen LogP contribution < -0.4 is 4.31 Å². The van der Waals surface area contributed by atoms with Gasteiger partial charge < -0.3 is 5.11 Å². The third-order valence-electron chi connectivity index (χ3n) is 3.54. The number of carboxylic acids is 1. The lowest BCUT2D eigenvalue weighted by Crippen LogP contribution is -2.36. The van der Waals surface area contributed by atoms with E-state index < -0.39 is 27.5 Å². The number of sulfonamides is 1. The van der Waals surface area contributed by atoms with E-state index in [-0.39, 0.29) is 16.3 Å². The first kappa shape index (κ1) is 18.4. The van der Waals surface area contributed by atoms with Crippen LogP contribution in [0.25, 0.3) is 0 Å². The van der Waals surface area contributed by atoms with Gasteiger partial charge in [-0.25, -0.2) is 8.42 Å². The Hall–Kier alpha value is -2.94. The second-order valence-corrected chi connectivity index (χ2v) is 7.00. The average Bonchev–Trinajstić information content (AvgIpc) is 2.59. The molecule has 0 amide bonds. The Morgan fingerprint density at radius 1 is 1.20 bits per heavy atom. The molecule has 9 heteroatoms. The van der Waals surface area contributed by atoms with Gasteiger partial charge in [-0.05, 0) is 24.1 Å². The minimum Gasteiger partial charge on any atom is -0.480 e. The van der Waals surface area contributed by atoms with Crippen molar-refractivity contribution in [2.45, 2.75) is 18.2 Å². The molecule has 0 spiro atoms. The van der Waals surface area contributed by atoms with Gasteiger partial charge in [0.2, 0.25) is 0 Å². The van der Waals surface area contributed by atoms with Gasteiger partial charge in [0.15, 0.2) is 0 Å².